The van der Waals surface area contributed by atoms with Crippen molar-refractivity contribution < 1.29 is 4.39 Å². The van der Waals surface area contributed by atoms with Crippen LogP contribution in [0.3, 0.4) is 0 Å². The summed E-state index contributed by atoms with van der Waals surface area (Å²) in [6.07, 6.45) is 8.45. The summed E-state index contributed by atoms with van der Waals surface area (Å²) in [6, 6.07) is 5.65. The number of benzene rings is 1. The summed E-state index contributed by atoms with van der Waals surface area (Å²) < 4.78 is 13.7. The van der Waals surface area contributed by atoms with Gasteiger partial charge in [0.25, 0.3) is 0 Å². The van der Waals surface area contributed by atoms with E-state index in [-0.39, 0.29) is 5.82 Å². The van der Waals surface area contributed by atoms with Crippen molar-refractivity contribution in [2.24, 2.45) is 11.8 Å². The predicted molar refractivity (Wildman–Crippen MR) is 75.8 cm³/mol. The van der Waals surface area contributed by atoms with E-state index in [1.54, 1.807) is 0 Å². The molecule has 1 aliphatic carbocycles. The number of halogens is 2. The molecule has 1 aliphatic heterocycles. The van der Waals surface area contributed by atoms with Gasteiger partial charge in [0.05, 0.1) is 4.47 Å². The quantitative estimate of drug-likeness (QED) is 0.871. The monoisotopic (exact) mass is 309 g/mol. The van der Waals surface area contributed by atoms with Gasteiger partial charge < -0.3 is 5.32 Å². The zero-order valence-corrected chi connectivity index (χ0v) is 11.8. The molecule has 1 heterocycles. The van der Waals surface area contributed by atoms with Gasteiger partial charge >= 0.3 is 0 Å². The second-order valence-electron chi connectivity index (χ2n) is 5.32. The Hall–Kier alpha value is -0.670. The summed E-state index contributed by atoms with van der Waals surface area (Å²) in [5.74, 6) is 1.48. The maximum absolute atomic E-state index is 13.1. The molecule has 2 aliphatic rings. The number of hydrogen-bond acceptors (Lipinski definition) is 1. The highest BCUT2D eigenvalue weighted by Gasteiger charge is 2.37. The van der Waals surface area contributed by atoms with Gasteiger partial charge in [-0.2, -0.15) is 0 Å². The number of hydrogen-bond donors (Lipinski definition) is 1. The molecule has 1 N–H and O–H groups in total. The first-order chi connectivity index (χ1) is 8.74. The first-order valence-electron chi connectivity index (χ1n) is 6.60. The minimum Gasteiger partial charge on any atom is -0.310 e. The van der Waals surface area contributed by atoms with E-state index < -0.39 is 0 Å². The molecular formula is C15H17BrFN. The summed E-state index contributed by atoms with van der Waals surface area (Å²) in [4.78, 5) is 0. The van der Waals surface area contributed by atoms with E-state index >= 15 is 0 Å². The van der Waals surface area contributed by atoms with Crippen molar-refractivity contribution in [1.82, 2.24) is 5.32 Å². The first-order valence-corrected chi connectivity index (χ1v) is 7.40. The van der Waals surface area contributed by atoms with Crippen LogP contribution in [0.5, 0.6) is 0 Å². The fourth-order valence-electron chi connectivity index (χ4n) is 3.27. The average Bonchev–Trinajstić information content (AvgIpc) is 2.94. The fourth-order valence-corrected chi connectivity index (χ4v) is 3.67. The molecule has 0 spiro atoms. The molecular weight excluding hydrogens is 293 g/mol. The van der Waals surface area contributed by atoms with Crippen LogP contribution in [0.4, 0.5) is 4.39 Å². The Kier molecular flexibility index (Phi) is 3.53. The lowest BCUT2D eigenvalue weighted by Crippen LogP contribution is -2.23. The topological polar surface area (TPSA) is 12.0 Å². The van der Waals surface area contributed by atoms with Crippen LogP contribution < -0.4 is 5.32 Å². The van der Waals surface area contributed by atoms with Gasteiger partial charge in [-0.05, 0) is 64.8 Å². The summed E-state index contributed by atoms with van der Waals surface area (Å²) >= 11 is 3.22. The van der Waals surface area contributed by atoms with Crippen molar-refractivity contribution in [3.8, 4) is 0 Å². The van der Waals surface area contributed by atoms with E-state index in [2.05, 4.69) is 33.4 Å². The molecule has 3 unspecified atom stereocenters. The molecule has 1 saturated carbocycles. The second kappa shape index (κ2) is 5.14. The molecule has 0 radical (unpaired) electrons. The van der Waals surface area contributed by atoms with E-state index in [1.165, 1.54) is 25.3 Å². The van der Waals surface area contributed by atoms with Gasteiger partial charge in [-0.15, -0.1) is 0 Å². The summed E-state index contributed by atoms with van der Waals surface area (Å²) in [6.45, 7) is 1.16. The van der Waals surface area contributed by atoms with Crippen LogP contribution in [0, 0.1) is 17.7 Å². The van der Waals surface area contributed by atoms with Crippen molar-refractivity contribution in [3.63, 3.8) is 0 Å². The van der Waals surface area contributed by atoms with Crippen LogP contribution in [0.15, 0.2) is 28.7 Å². The summed E-state index contributed by atoms with van der Waals surface area (Å²) in [5, 5.41) is 3.58. The van der Waals surface area contributed by atoms with Crippen LogP contribution >= 0.6 is 15.9 Å². The smallest absolute Gasteiger partial charge is 0.137 e. The van der Waals surface area contributed by atoms with E-state index in [0.29, 0.717) is 10.5 Å². The van der Waals surface area contributed by atoms with E-state index in [4.69, 9.17) is 0 Å². The van der Waals surface area contributed by atoms with Crippen molar-refractivity contribution in [3.05, 3.63) is 40.1 Å². The van der Waals surface area contributed by atoms with Gasteiger partial charge in [-0.3, -0.25) is 0 Å². The molecule has 96 valence electrons. The van der Waals surface area contributed by atoms with Crippen LogP contribution in [-0.4, -0.2) is 12.6 Å². The summed E-state index contributed by atoms with van der Waals surface area (Å²) in [7, 11) is 0. The zero-order valence-electron chi connectivity index (χ0n) is 10.2. The highest BCUT2D eigenvalue weighted by atomic mass is 79.9. The zero-order chi connectivity index (χ0) is 12.5. The fraction of sp³-hybridized carbons (Fsp3) is 0.467. The van der Waals surface area contributed by atoms with Crippen LogP contribution in [0.2, 0.25) is 0 Å². The van der Waals surface area contributed by atoms with E-state index in [9.17, 15) is 4.39 Å². The molecule has 1 nitrogen and oxygen atoms in total. The third kappa shape index (κ3) is 2.39. The van der Waals surface area contributed by atoms with Crippen molar-refractivity contribution in [2.45, 2.75) is 25.3 Å². The lowest BCUT2D eigenvalue weighted by Gasteiger charge is -2.13. The van der Waals surface area contributed by atoms with Gasteiger partial charge in [0, 0.05) is 6.04 Å². The second-order valence-corrected chi connectivity index (χ2v) is 6.18. The Bertz CT molecular complexity index is 472. The minimum atomic E-state index is -0.206. The number of nitrogens with one attached hydrogen (secondary N) is 1. The maximum atomic E-state index is 13.1. The van der Waals surface area contributed by atoms with Gasteiger partial charge in [-0.25, -0.2) is 4.39 Å². The van der Waals surface area contributed by atoms with Crippen molar-refractivity contribution >= 4 is 22.0 Å². The molecule has 18 heavy (non-hydrogen) atoms. The predicted octanol–water partition coefficient (Wildman–Crippen LogP) is 3.99. The van der Waals surface area contributed by atoms with Crippen LogP contribution in [0.1, 0.15) is 24.8 Å². The minimum absolute atomic E-state index is 0.206. The van der Waals surface area contributed by atoms with Gasteiger partial charge in [0.1, 0.15) is 5.82 Å². The van der Waals surface area contributed by atoms with Crippen LogP contribution in [-0.2, 0) is 0 Å². The third-order valence-corrected chi connectivity index (χ3v) is 4.84. The molecule has 3 rings (SSSR count). The lowest BCUT2D eigenvalue weighted by molar-refractivity contribution is 0.456. The molecule has 1 saturated heterocycles. The van der Waals surface area contributed by atoms with Crippen molar-refractivity contribution in [1.29, 1.82) is 0 Å². The SMILES string of the molecule is Fc1ccc(/C=C/C2NCC3CCCC32)cc1Br. The first kappa shape index (κ1) is 12.4. The lowest BCUT2D eigenvalue weighted by atomic mass is 9.93. The Morgan fingerprint density at radius 2 is 2.22 bits per heavy atom. The molecule has 1 aromatic carbocycles. The summed E-state index contributed by atoms with van der Waals surface area (Å²) in [5.41, 5.74) is 1.05. The Labute approximate surface area is 116 Å². The van der Waals surface area contributed by atoms with Crippen molar-refractivity contribution in [2.75, 3.05) is 6.54 Å². The number of fused-ring (bicyclic) bond motifs is 1. The highest BCUT2D eigenvalue weighted by Crippen LogP contribution is 2.38. The molecule has 0 amide bonds. The van der Waals surface area contributed by atoms with Crippen LogP contribution in [0.25, 0.3) is 6.08 Å². The maximum Gasteiger partial charge on any atom is 0.137 e. The normalized spacial score (nSPS) is 31.1. The van der Waals surface area contributed by atoms with E-state index in [0.717, 1.165) is 23.9 Å². The Balaban J connectivity index is 1.72. The average molecular weight is 310 g/mol. The number of rotatable bonds is 2. The standard InChI is InChI=1S/C15H17BrFN/c16-13-8-10(4-6-14(13)17)5-7-15-12-3-1-2-11(12)9-18-15/h4-8,11-12,15,18H,1-3,9H2/b7-5+. The largest absolute Gasteiger partial charge is 0.310 e. The molecule has 1 aromatic rings. The molecule has 0 bridgehead atoms. The molecule has 0 aromatic heterocycles. The molecule has 3 heteroatoms. The Morgan fingerprint density at radius 1 is 1.33 bits per heavy atom. The highest BCUT2D eigenvalue weighted by molar-refractivity contribution is 9.10. The van der Waals surface area contributed by atoms with Gasteiger partial charge in [0.2, 0.25) is 0 Å². The molecule has 2 fully saturated rings. The molecule has 3 atom stereocenters. The Morgan fingerprint density at radius 3 is 3.06 bits per heavy atom. The van der Waals surface area contributed by atoms with E-state index in [1.807, 2.05) is 12.1 Å². The van der Waals surface area contributed by atoms with Gasteiger partial charge in [0.15, 0.2) is 0 Å². The third-order valence-electron chi connectivity index (χ3n) is 4.23. The van der Waals surface area contributed by atoms with Gasteiger partial charge in [-0.1, -0.05) is 24.6 Å².